The molecule has 0 atom stereocenters. The van der Waals surface area contributed by atoms with Gasteiger partial charge in [-0.25, -0.2) is 0 Å². The van der Waals surface area contributed by atoms with Crippen LogP contribution in [0.5, 0.6) is 5.88 Å². The summed E-state index contributed by atoms with van der Waals surface area (Å²) in [6, 6.07) is 10.2. The van der Waals surface area contributed by atoms with Crippen molar-refractivity contribution in [2.45, 2.75) is 63.2 Å². The molecule has 1 aromatic carbocycles. The van der Waals surface area contributed by atoms with E-state index in [1.807, 2.05) is 18.2 Å². The van der Waals surface area contributed by atoms with Crippen molar-refractivity contribution in [2.75, 3.05) is 37.0 Å². The Labute approximate surface area is 207 Å². The zero-order chi connectivity index (χ0) is 23.1. The molecule has 178 valence electrons. The van der Waals surface area contributed by atoms with Crippen LogP contribution in [0.1, 0.15) is 63.4 Å². The number of rotatable bonds is 6. The van der Waals surface area contributed by atoms with Crippen molar-refractivity contribution in [2.24, 2.45) is 0 Å². The van der Waals surface area contributed by atoms with Crippen molar-refractivity contribution >= 4 is 40.7 Å². The van der Waals surface area contributed by atoms with E-state index in [4.69, 9.17) is 33.5 Å². The third kappa shape index (κ3) is 6.27. The number of nitrogens with one attached hydrogen (secondary N) is 2. The average molecular weight is 488 g/mol. The molecule has 2 aromatic rings. The quantitative estimate of drug-likeness (QED) is 0.506. The maximum absolute atomic E-state index is 6.32. The largest absolute Gasteiger partial charge is 0.481 e. The highest BCUT2D eigenvalue weighted by Crippen LogP contribution is 2.39. The van der Waals surface area contributed by atoms with Gasteiger partial charge in [0, 0.05) is 36.1 Å². The highest BCUT2D eigenvalue weighted by Gasteiger charge is 2.34. The summed E-state index contributed by atoms with van der Waals surface area (Å²) in [6.07, 6.45) is 10.9. The zero-order valence-corrected chi connectivity index (χ0v) is 21.0. The molecule has 2 N–H and O–H groups in total. The summed E-state index contributed by atoms with van der Waals surface area (Å²) in [6.45, 7) is 2.76. The fraction of sp³-hybridized carbons (Fsp3) is 0.560. The van der Waals surface area contributed by atoms with Crippen LogP contribution in [0.25, 0.3) is 0 Å². The van der Waals surface area contributed by atoms with Crippen molar-refractivity contribution in [3.05, 3.63) is 40.9 Å². The van der Waals surface area contributed by atoms with Crippen LogP contribution in [0.2, 0.25) is 5.02 Å². The lowest BCUT2D eigenvalue weighted by atomic mass is 9.69. The first kappa shape index (κ1) is 24.0. The third-order valence-electron chi connectivity index (χ3n) is 6.89. The van der Waals surface area contributed by atoms with Gasteiger partial charge in [-0.2, -0.15) is 9.97 Å². The monoisotopic (exact) mass is 487 g/mol. The van der Waals surface area contributed by atoms with Crippen molar-refractivity contribution < 1.29 is 4.74 Å². The molecule has 4 rings (SSSR count). The molecule has 0 unspecified atom stereocenters. The molecule has 1 aromatic heterocycles. The van der Waals surface area contributed by atoms with Gasteiger partial charge in [-0.05, 0) is 55.6 Å². The lowest BCUT2D eigenvalue weighted by molar-refractivity contribution is 0.292. The minimum Gasteiger partial charge on any atom is -0.481 e. The van der Waals surface area contributed by atoms with Crippen molar-refractivity contribution in [3.63, 3.8) is 0 Å². The first-order valence-electron chi connectivity index (χ1n) is 12.1. The Balaban J connectivity index is 1.45. The van der Waals surface area contributed by atoms with E-state index in [0.29, 0.717) is 16.9 Å². The van der Waals surface area contributed by atoms with E-state index in [9.17, 15) is 0 Å². The normalized spacial score (nSPS) is 18.3. The molecule has 8 heteroatoms. The van der Waals surface area contributed by atoms with Crippen molar-refractivity contribution in [1.29, 1.82) is 0 Å². The molecule has 0 amide bonds. The molecular weight excluding hydrogens is 454 g/mol. The first-order valence-corrected chi connectivity index (χ1v) is 12.9. The van der Waals surface area contributed by atoms with Crippen LogP contribution in [0.15, 0.2) is 30.3 Å². The van der Waals surface area contributed by atoms with E-state index in [1.54, 1.807) is 7.11 Å². The molecular formula is C25H34ClN5OS. The van der Waals surface area contributed by atoms with Crippen LogP contribution in [0.3, 0.4) is 0 Å². The molecule has 1 saturated heterocycles. The number of hydrogen-bond donors (Lipinski definition) is 2. The van der Waals surface area contributed by atoms with Crippen LogP contribution in [-0.2, 0) is 5.41 Å². The highest BCUT2D eigenvalue weighted by molar-refractivity contribution is 7.80. The molecule has 6 nitrogen and oxygen atoms in total. The van der Waals surface area contributed by atoms with Crippen molar-refractivity contribution in [1.82, 2.24) is 15.3 Å². The maximum atomic E-state index is 6.32. The lowest BCUT2D eigenvalue weighted by Crippen LogP contribution is -2.43. The predicted molar refractivity (Wildman–Crippen MR) is 140 cm³/mol. The Morgan fingerprint density at radius 1 is 1.06 bits per heavy atom. The topological polar surface area (TPSA) is 62.3 Å². The highest BCUT2D eigenvalue weighted by atomic mass is 35.5. The van der Waals surface area contributed by atoms with Crippen LogP contribution in [0, 0.1) is 0 Å². The second kappa shape index (κ2) is 11.3. The minimum atomic E-state index is 0.0291. The molecule has 2 aliphatic rings. The van der Waals surface area contributed by atoms with Gasteiger partial charge in [0.1, 0.15) is 5.82 Å². The van der Waals surface area contributed by atoms with E-state index < -0.39 is 0 Å². The summed E-state index contributed by atoms with van der Waals surface area (Å²) < 4.78 is 5.45. The van der Waals surface area contributed by atoms with Gasteiger partial charge in [0.15, 0.2) is 5.11 Å². The summed E-state index contributed by atoms with van der Waals surface area (Å²) in [5.74, 6) is 1.89. The lowest BCUT2D eigenvalue weighted by Gasteiger charge is -2.38. The first-order chi connectivity index (χ1) is 16.1. The number of methoxy groups -OCH3 is 1. The SMILES string of the molecule is COc1cc(N2CCCCCC2)nc(NC(=S)NCC2(c3cccc(Cl)c3)CCCCC2)n1. The number of ether oxygens (including phenoxy) is 1. The van der Waals surface area contributed by atoms with Gasteiger partial charge < -0.3 is 20.3 Å². The number of benzene rings is 1. The van der Waals surface area contributed by atoms with E-state index in [1.165, 1.54) is 50.5 Å². The number of nitrogens with zero attached hydrogens (tertiary/aromatic N) is 3. The number of hydrogen-bond acceptors (Lipinski definition) is 5. The Kier molecular flexibility index (Phi) is 8.25. The molecule has 1 aliphatic heterocycles. The molecule has 2 heterocycles. The fourth-order valence-corrected chi connectivity index (χ4v) is 5.40. The van der Waals surface area contributed by atoms with Gasteiger partial charge >= 0.3 is 0 Å². The van der Waals surface area contributed by atoms with Gasteiger partial charge in [-0.3, -0.25) is 0 Å². The molecule has 0 bridgehead atoms. The summed E-state index contributed by atoms with van der Waals surface area (Å²) in [7, 11) is 1.63. The molecule has 2 fully saturated rings. The second-order valence-corrected chi connectivity index (χ2v) is 10.00. The average Bonchev–Trinajstić information content (AvgIpc) is 3.13. The zero-order valence-electron chi connectivity index (χ0n) is 19.4. The van der Waals surface area contributed by atoms with Gasteiger partial charge in [-0.1, -0.05) is 55.8 Å². The number of thiocarbonyl (C=S) groups is 1. The van der Waals surface area contributed by atoms with E-state index >= 15 is 0 Å². The summed E-state index contributed by atoms with van der Waals surface area (Å²) in [5.41, 5.74) is 1.31. The van der Waals surface area contributed by atoms with Gasteiger partial charge in [-0.15, -0.1) is 0 Å². The second-order valence-electron chi connectivity index (χ2n) is 9.15. The minimum absolute atomic E-state index is 0.0291. The number of halogens is 1. The van der Waals surface area contributed by atoms with E-state index in [2.05, 4.69) is 32.7 Å². The van der Waals surface area contributed by atoms with Crippen molar-refractivity contribution in [3.8, 4) is 5.88 Å². The summed E-state index contributed by atoms with van der Waals surface area (Å²) in [4.78, 5) is 11.5. The van der Waals surface area contributed by atoms with E-state index in [0.717, 1.165) is 43.3 Å². The number of aromatic nitrogens is 2. The van der Waals surface area contributed by atoms with Crippen LogP contribution >= 0.6 is 23.8 Å². The third-order valence-corrected chi connectivity index (χ3v) is 7.37. The van der Waals surface area contributed by atoms with Gasteiger partial charge in [0.05, 0.1) is 7.11 Å². The van der Waals surface area contributed by atoms with Crippen LogP contribution < -0.4 is 20.3 Å². The van der Waals surface area contributed by atoms with Gasteiger partial charge in [0.25, 0.3) is 0 Å². The van der Waals surface area contributed by atoms with Crippen LogP contribution in [-0.4, -0.2) is 41.8 Å². The Hall–Kier alpha value is -2.12. The smallest absolute Gasteiger partial charge is 0.234 e. The molecule has 33 heavy (non-hydrogen) atoms. The maximum Gasteiger partial charge on any atom is 0.234 e. The number of anilines is 2. The van der Waals surface area contributed by atoms with E-state index in [-0.39, 0.29) is 5.41 Å². The Morgan fingerprint density at radius 2 is 1.79 bits per heavy atom. The fourth-order valence-electron chi connectivity index (χ4n) is 5.04. The standard InChI is InChI=1S/C25H34ClN5OS/c1-32-22-17-21(31-14-7-2-3-8-15-31)28-23(29-22)30-24(33)27-18-25(12-5-4-6-13-25)19-10-9-11-20(26)16-19/h9-11,16-17H,2-8,12-15,18H2,1H3,(H2,27,28,29,30,33). The predicted octanol–water partition coefficient (Wildman–Crippen LogP) is 5.71. The molecule has 1 aliphatic carbocycles. The van der Waals surface area contributed by atoms with Crippen LogP contribution in [0.4, 0.5) is 11.8 Å². The molecule has 0 spiro atoms. The summed E-state index contributed by atoms with van der Waals surface area (Å²) in [5, 5.41) is 7.95. The molecule has 0 radical (unpaired) electrons. The Morgan fingerprint density at radius 3 is 2.48 bits per heavy atom. The molecule has 1 saturated carbocycles. The summed E-state index contributed by atoms with van der Waals surface area (Å²) >= 11 is 12.0. The van der Waals surface area contributed by atoms with Gasteiger partial charge in [0.2, 0.25) is 11.8 Å². The Bertz CT molecular complexity index is 942.